The summed E-state index contributed by atoms with van der Waals surface area (Å²) < 4.78 is 25.6. The number of piperidine rings is 1. The third kappa shape index (κ3) is 6.73. The lowest BCUT2D eigenvalue weighted by atomic mass is 9.97. The SMILES string of the molecule is COc1ccc(-c2sc(N3CCC(N(C(=O)OC(C)(C)C)C(C)(C)C)CC3)nc2-c2ccc(C#N)c(F)c2)cc1O. The van der Waals surface area contributed by atoms with Crippen molar-refractivity contribution in [1.82, 2.24) is 9.88 Å². The second kappa shape index (κ2) is 11.6. The van der Waals surface area contributed by atoms with Crippen molar-refractivity contribution in [3.05, 3.63) is 47.8 Å². The highest BCUT2D eigenvalue weighted by atomic mass is 32.1. The van der Waals surface area contributed by atoms with E-state index in [-0.39, 0.29) is 23.4 Å². The van der Waals surface area contributed by atoms with Crippen LogP contribution in [0.1, 0.15) is 59.9 Å². The minimum absolute atomic E-state index is 0.00570. The second-order valence-corrected chi connectivity index (χ2v) is 13.1. The largest absolute Gasteiger partial charge is 0.504 e. The molecule has 1 N–H and O–H groups in total. The summed E-state index contributed by atoms with van der Waals surface area (Å²) in [4.78, 5) is 22.9. The van der Waals surface area contributed by atoms with Crippen LogP contribution in [0.2, 0.25) is 0 Å². The van der Waals surface area contributed by atoms with Crippen LogP contribution in [0.4, 0.5) is 14.3 Å². The lowest BCUT2D eigenvalue weighted by molar-refractivity contribution is -0.0109. The van der Waals surface area contributed by atoms with Gasteiger partial charge in [-0.25, -0.2) is 14.2 Å². The molecule has 1 aliphatic heterocycles. The van der Waals surface area contributed by atoms with Crippen molar-refractivity contribution in [2.24, 2.45) is 0 Å². The molecule has 1 saturated heterocycles. The summed E-state index contributed by atoms with van der Waals surface area (Å²) in [5.41, 5.74) is 0.773. The molecule has 218 valence electrons. The number of nitrogens with zero attached hydrogens (tertiary/aromatic N) is 4. The molecule has 1 fully saturated rings. The van der Waals surface area contributed by atoms with Crippen LogP contribution in [0, 0.1) is 17.1 Å². The fraction of sp³-hybridized carbons (Fsp3) is 0.452. The number of benzene rings is 2. The first-order valence-corrected chi connectivity index (χ1v) is 14.4. The first-order chi connectivity index (χ1) is 19.2. The molecule has 1 aromatic heterocycles. The smallest absolute Gasteiger partial charge is 0.410 e. The average molecular weight is 581 g/mol. The van der Waals surface area contributed by atoms with Gasteiger partial charge in [-0.3, -0.25) is 0 Å². The number of ether oxygens (including phenoxy) is 2. The Bertz CT molecular complexity index is 1460. The number of hydrogen-bond donors (Lipinski definition) is 1. The monoisotopic (exact) mass is 580 g/mol. The zero-order valence-electron chi connectivity index (χ0n) is 24.6. The van der Waals surface area contributed by atoms with Crippen LogP contribution in [-0.4, -0.2) is 58.5 Å². The Labute approximate surface area is 244 Å². The van der Waals surface area contributed by atoms with Gasteiger partial charge in [0.2, 0.25) is 0 Å². The molecular formula is C31H37FN4O4S. The van der Waals surface area contributed by atoms with E-state index in [9.17, 15) is 19.6 Å². The highest BCUT2D eigenvalue weighted by Gasteiger charge is 2.38. The molecule has 4 rings (SSSR count). The van der Waals surface area contributed by atoms with Crippen molar-refractivity contribution in [2.45, 2.75) is 71.6 Å². The quantitative estimate of drug-likeness (QED) is 0.341. The van der Waals surface area contributed by atoms with Crippen molar-refractivity contribution in [1.29, 1.82) is 5.26 Å². The number of hydrogen-bond acceptors (Lipinski definition) is 8. The number of aromatic hydroxyl groups is 1. The van der Waals surface area contributed by atoms with Gasteiger partial charge >= 0.3 is 6.09 Å². The molecule has 2 aromatic carbocycles. The van der Waals surface area contributed by atoms with E-state index in [1.165, 1.54) is 30.6 Å². The van der Waals surface area contributed by atoms with Crippen molar-refractivity contribution in [2.75, 3.05) is 25.1 Å². The average Bonchev–Trinajstić information content (AvgIpc) is 3.33. The maximum absolute atomic E-state index is 14.6. The Hall–Kier alpha value is -3.84. The Morgan fingerprint density at radius 1 is 1.12 bits per heavy atom. The molecular weight excluding hydrogens is 543 g/mol. The molecule has 0 radical (unpaired) electrons. The number of aromatic nitrogens is 1. The summed E-state index contributed by atoms with van der Waals surface area (Å²) in [6, 6.07) is 11.4. The van der Waals surface area contributed by atoms with Crippen LogP contribution in [0.25, 0.3) is 21.7 Å². The molecule has 1 aliphatic rings. The number of carbonyl (C=O) groups excluding carboxylic acids is 1. The zero-order chi connectivity index (χ0) is 30.1. The number of amides is 1. The molecule has 0 bridgehead atoms. The van der Waals surface area contributed by atoms with Crippen LogP contribution < -0.4 is 9.64 Å². The van der Waals surface area contributed by atoms with Gasteiger partial charge in [0.05, 0.1) is 23.2 Å². The van der Waals surface area contributed by atoms with Gasteiger partial charge in [-0.1, -0.05) is 17.4 Å². The summed E-state index contributed by atoms with van der Waals surface area (Å²) >= 11 is 1.45. The number of anilines is 1. The third-order valence-corrected chi connectivity index (χ3v) is 8.00. The predicted octanol–water partition coefficient (Wildman–Crippen LogP) is 7.21. The van der Waals surface area contributed by atoms with Crippen LogP contribution in [0.5, 0.6) is 11.5 Å². The first kappa shape index (κ1) is 30.1. The van der Waals surface area contributed by atoms with Gasteiger partial charge in [0.15, 0.2) is 16.6 Å². The van der Waals surface area contributed by atoms with E-state index >= 15 is 0 Å². The molecule has 8 nitrogen and oxygen atoms in total. The number of phenolic OH excluding ortho intramolecular Hbond substituents is 1. The third-order valence-electron chi connectivity index (χ3n) is 6.83. The molecule has 3 aromatic rings. The lowest BCUT2D eigenvalue weighted by Gasteiger charge is -2.45. The van der Waals surface area contributed by atoms with E-state index in [1.54, 1.807) is 18.2 Å². The molecule has 0 saturated carbocycles. The molecule has 1 amide bonds. The fourth-order valence-corrected chi connectivity index (χ4v) is 6.15. The molecule has 2 heterocycles. The lowest BCUT2D eigenvalue weighted by Crippen LogP contribution is -2.56. The standard InChI is InChI=1S/C31H37FN4O4S/c1-30(2,3)36(29(38)40-31(4,5)6)22-12-14-35(15-13-22)28-34-26(19-8-9-21(18-33)23(32)16-19)27(41-28)20-10-11-25(39-7)24(37)17-20/h8-11,16-17,22,37H,12-15H2,1-7H3. The van der Waals surface area contributed by atoms with Crippen LogP contribution >= 0.6 is 11.3 Å². The Morgan fingerprint density at radius 2 is 1.78 bits per heavy atom. The van der Waals surface area contributed by atoms with Gasteiger partial charge in [-0.15, -0.1) is 0 Å². The summed E-state index contributed by atoms with van der Waals surface area (Å²) in [5, 5.41) is 20.4. The number of methoxy groups -OCH3 is 1. The van der Waals surface area contributed by atoms with E-state index < -0.39 is 17.0 Å². The minimum Gasteiger partial charge on any atom is -0.504 e. The first-order valence-electron chi connectivity index (χ1n) is 13.6. The number of nitriles is 1. The van der Waals surface area contributed by atoms with Crippen LogP contribution in [0.15, 0.2) is 36.4 Å². The maximum atomic E-state index is 14.6. The van der Waals surface area contributed by atoms with Gasteiger partial charge in [-0.2, -0.15) is 5.26 Å². The summed E-state index contributed by atoms with van der Waals surface area (Å²) in [6.45, 7) is 13.0. The van der Waals surface area contributed by atoms with Gasteiger partial charge < -0.3 is 24.4 Å². The zero-order valence-corrected chi connectivity index (χ0v) is 25.4. The molecule has 41 heavy (non-hydrogen) atoms. The predicted molar refractivity (Wildman–Crippen MR) is 159 cm³/mol. The van der Waals surface area contributed by atoms with Crippen molar-refractivity contribution < 1.29 is 23.8 Å². The van der Waals surface area contributed by atoms with Gasteiger partial charge in [0.25, 0.3) is 0 Å². The number of halogens is 1. The van der Waals surface area contributed by atoms with Crippen molar-refractivity contribution in [3.8, 4) is 39.3 Å². The van der Waals surface area contributed by atoms with Crippen LogP contribution in [0.3, 0.4) is 0 Å². The van der Waals surface area contributed by atoms with Gasteiger partial charge in [-0.05, 0) is 90.3 Å². The van der Waals surface area contributed by atoms with E-state index in [1.807, 2.05) is 58.6 Å². The van der Waals surface area contributed by atoms with Crippen molar-refractivity contribution in [3.63, 3.8) is 0 Å². The summed E-state index contributed by atoms with van der Waals surface area (Å²) in [5.74, 6) is -0.282. The van der Waals surface area contributed by atoms with E-state index in [0.29, 0.717) is 35.7 Å². The molecule has 0 aliphatic carbocycles. The van der Waals surface area contributed by atoms with E-state index in [4.69, 9.17) is 14.5 Å². The summed E-state index contributed by atoms with van der Waals surface area (Å²) in [7, 11) is 1.48. The number of rotatable bonds is 5. The van der Waals surface area contributed by atoms with Gasteiger partial charge in [0.1, 0.15) is 17.5 Å². The van der Waals surface area contributed by atoms with E-state index in [0.717, 1.165) is 22.9 Å². The van der Waals surface area contributed by atoms with E-state index in [2.05, 4.69) is 4.90 Å². The van der Waals surface area contributed by atoms with Crippen molar-refractivity contribution >= 4 is 22.6 Å². The molecule has 0 spiro atoms. The Kier molecular flexibility index (Phi) is 8.50. The highest BCUT2D eigenvalue weighted by molar-refractivity contribution is 7.19. The maximum Gasteiger partial charge on any atom is 0.410 e. The number of carbonyl (C=O) groups is 1. The molecule has 0 unspecified atom stereocenters. The van der Waals surface area contributed by atoms with Crippen LogP contribution in [-0.2, 0) is 4.74 Å². The Balaban J connectivity index is 1.65. The molecule has 0 atom stereocenters. The Morgan fingerprint density at radius 3 is 2.32 bits per heavy atom. The number of phenols is 1. The second-order valence-electron chi connectivity index (χ2n) is 12.1. The fourth-order valence-electron chi connectivity index (χ4n) is 5.02. The highest BCUT2D eigenvalue weighted by Crippen LogP contribution is 2.43. The molecule has 10 heteroatoms. The normalized spacial score (nSPS) is 14.5. The minimum atomic E-state index is -0.617. The van der Waals surface area contributed by atoms with Gasteiger partial charge in [0, 0.05) is 30.2 Å². The summed E-state index contributed by atoms with van der Waals surface area (Å²) in [6.07, 6.45) is 1.15. The topological polar surface area (TPSA) is 98.9 Å². The number of thiazole rings is 1.